The van der Waals surface area contributed by atoms with Gasteiger partial charge in [-0.25, -0.2) is 26.3 Å². The number of sulfonamides is 1. The summed E-state index contributed by atoms with van der Waals surface area (Å²) in [5.74, 6) is -4.25. The van der Waals surface area contributed by atoms with Gasteiger partial charge in [0.25, 0.3) is 0 Å². The predicted molar refractivity (Wildman–Crippen MR) is 159 cm³/mol. The number of ketones is 1. The molecule has 5 rings (SSSR count). The van der Waals surface area contributed by atoms with Crippen molar-refractivity contribution in [1.29, 1.82) is 0 Å². The second-order valence-corrected chi connectivity index (χ2v) is 15.3. The largest absolute Gasteiger partial charge is 0.487 e. The Morgan fingerprint density at radius 3 is 2.61 bits per heavy atom. The van der Waals surface area contributed by atoms with Crippen LogP contribution in [0.15, 0.2) is 29.9 Å². The first kappa shape index (κ1) is 32.6. The number of alkyl halides is 1. The molecule has 3 saturated carbocycles. The van der Waals surface area contributed by atoms with Gasteiger partial charge in [0.05, 0.1) is 18.6 Å². The van der Waals surface area contributed by atoms with Gasteiger partial charge in [0.15, 0.2) is 30.1 Å². The van der Waals surface area contributed by atoms with Crippen LogP contribution in [0.1, 0.15) is 58.9 Å². The first-order valence-corrected chi connectivity index (χ1v) is 16.6. The topological polar surface area (TPSA) is 143 Å². The number of hydrogen-bond acceptors (Lipinski definition) is 9. The van der Waals surface area contributed by atoms with Gasteiger partial charge in [-0.1, -0.05) is 33.8 Å². The highest BCUT2D eigenvalue weighted by molar-refractivity contribution is 7.89. The van der Waals surface area contributed by atoms with E-state index in [1.54, 1.807) is 13.0 Å². The number of carbonyl (C=O) groups excluding carboxylic acids is 2. The summed E-state index contributed by atoms with van der Waals surface area (Å²) in [7, 11) is -5.96. The molecule has 1 aliphatic heterocycles. The van der Waals surface area contributed by atoms with Crippen LogP contribution < -0.4 is 10.2 Å². The molecule has 3 fully saturated rings. The summed E-state index contributed by atoms with van der Waals surface area (Å²) in [6.07, 6.45) is 1.23. The van der Waals surface area contributed by atoms with Crippen LogP contribution in [-0.2, 0) is 24.3 Å². The van der Waals surface area contributed by atoms with Gasteiger partial charge in [0, 0.05) is 22.2 Å². The zero-order valence-corrected chi connectivity index (χ0v) is 26.3. The molecule has 2 N–H and O–H groups in total. The van der Waals surface area contributed by atoms with Crippen molar-refractivity contribution in [3.63, 3.8) is 0 Å². The molecule has 0 radical (unpaired) electrons. The summed E-state index contributed by atoms with van der Waals surface area (Å²) in [6.45, 7) is 10.7. The smallest absolute Gasteiger partial charge is 0.479 e. The van der Waals surface area contributed by atoms with Crippen molar-refractivity contribution in [2.24, 2.45) is 39.1 Å². The van der Waals surface area contributed by atoms with Crippen LogP contribution in [0, 0.1) is 39.8 Å². The molecular weight excluding hydrogens is 597 g/mol. The third-order valence-electron chi connectivity index (χ3n) is 11.2. The minimum atomic E-state index is -4.01. The number of halogens is 2. The van der Waals surface area contributed by atoms with Crippen molar-refractivity contribution in [3.8, 4) is 5.75 Å². The molecule has 1 aromatic rings. The summed E-state index contributed by atoms with van der Waals surface area (Å²) in [6, 6.07) is 2.58. The average molecular weight is 637 g/mol. The Balaban J connectivity index is 1.44. The predicted octanol–water partition coefficient (Wildman–Crippen LogP) is 2.36. The lowest BCUT2D eigenvalue weighted by molar-refractivity contribution is -0.207. The number of nitrogens with zero attached hydrogens (tertiary/aromatic N) is 2. The van der Waals surface area contributed by atoms with E-state index in [1.165, 1.54) is 12.1 Å². The molecule has 9 atom stereocenters. The van der Waals surface area contributed by atoms with Gasteiger partial charge < -0.3 is 19.6 Å². The van der Waals surface area contributed by atoms with Gasteiger partial charge in [0.2, 0.25) is 10.0 Å². The van der Waals surface area contributed by atoms with Crippen LogP contribution in [0.3, 0.4) is 0 Å². The highest BCUT2D eigenvalue weighted by atomic mass is 32.2. The lowest BCUT2D eigenvalue weighted by Gasteiger charge is -2.61. The Hall–Kier alpha value is -2.84. The fourth-order valence-corrected chi connectivity index (χ4v) is 9.10. The molecule has 0 unspecified atom stereocenters. The Bertz CT molecular complexity index is 1530. The molecule has 2 bridgehead atoms. The van der Waals surface area contributed by atoms with Gasteiger partial charge in [-0.2, -0.15) is 5.10 Å². The van der Waals surface area contributed by atoms with E-state index in [1.807, 2.05) is 20.8 Å². The number of fused-ring (bicyclic) bond motifs is 1. The number of ether oxygens (including phenoxy) is 2. The molecule has 0 saturated heterocycles. The first-order chi connectivity index (χ1) is 20.4. The van der Waals surface area contributed by atoms with Crippen molar-refractivity contribution < 1.29 is 46.4 Å². The van der Waals surface area contributed by atoms with Crippen LogP contribution >= 0.6 is 0 Å². The monoisotopic (exact) mass is 636 g/mol. The average Bonchev–Trinajstić information content (AvgIpc) is 3.23. The zero-order chi connectivity index (χ0) is 32.6. The lowest BCUT2D eigenvalue weighted by Crippen LogP contribution is -2.63. The molecule has 0 amide bonds. The number of hydrazone groups is 1. The molecule has 14 heteroatoms. The van der Waals surface area contributed by atoms with E-state index in [-0.39, 0.29) is 29.8 Å². The van der Waals surface area contributed by atoms with Crippen molar-refractivity contribution >= 4 is 40.5 Å². The second kappa shape index (κ2) is 10.9. The van der Waals surface area contributed by atoms with Crippen molar-refractivity contribution in [2.45, 2.75) is 71.8 Å². The molecule has 4 aliphatic rings. The summed E-state index contributed by atoms with van der Waals surface area (Å²) in [5, 5.41) is 25.8. The van der Waals surface area contributed by atoms with E-state index in [9.17, 15) is 28.1 Å². The molecule has 44 heavy (non-hydrogen) atoms. The highest BCUT2D eigenvalue weighted by Crippen LogP contribution is 2.68. The maximum atomic E-state index is 15.5. The van der Waals surface area contributed by atoms with Crippen molar-refractivity contribution in [3.05, 3.63) is 36.2 Å². The minimum Gasteiger partial charge on any atom is -0.479 e. The number of aliphatic hydroxyl groups excluding tert-OH is 1. The van der Waals surface area contributed by atoms with E-state index >= 15 is 8.78 Å². The van der Waals surface area contributed by atoms with Gasteiger partial charge >= 0.3 is 13.0 Å². The minimum absolute atomic E-state index is 0.00103. The Kier molecular flexibility index (Phi) is 8.07. The number of rotatable bonds is 6. The van der Waals surface area contributed by atoms with Crippen LogP contribution in [0.5, 0.6) is 5.75 Å². The summed E-state index contributed by atoms with van der Waals surface area (Å²) in [4.78, 5) is 26.8. The number of Topliss-reactive ketones (excluding diaryl/α,β-unsaturated/α-hetero) is 1. The van der Waals surface area contributed by atoms with E-state index < -0.39 is 93.5 Å². The molecule has 10 nitrogen and oxygen atoms in total. The van der Waals surface area contributed by atoms with Gasteiger partial charge in [-0.15, -0.1) is 6.58 Å². The molecular formula is C30H39BF2N2O8S. The van der Waals surface area contributed by atoms with E-state index in [2.05, 4.69) is 11.7 Å². The van der Waals surface area contributed by atoms with Crippen LogP contribution in [-0.4, -0.2) is 79.1 Å². The van der Waals surface area contributed by atoms with Crippen molar-refractivity contribution in [2.75, 3.05) is 12.9 Å². The normalized spacial score (nSPS) is 38.3. The lowest BCUT2D eigenvalue weighted by atomic mass is 9.44. The first-order valence-electron chi connectivity index (χ1n) is 14.8. The number of benzene rings is 1. The third kappa shape index (κ3) is 4.79. The van der Waals surface area contributed by atoms with E-state index in [0.717, 1.165) is 12.5 Å². The molecule has 1 heterocycles. The number of carbonyl (C=O) groups is 2. The standard InChI is InChI=1S/C30H39BF2N2O8S/c1-7-28(4)13-21(29(5)16(2)10-11-30(17(3)27(28)38)12-19(32)25(37)26(29)30)43-22(36)15-42-20-9-8-18-14-34-35(44(6,40)41)31(39)23(18)24(20)33/h7-9,14,16-17,19,21,26-27,38-39H,1,10-13,15H2,2-6H3/t16-,17+,19+,21-,26+,27+,28-,29+,30+/m1/s1. The van der Waals surface area contributed by atoms with E-state index in [4.69, 9.17) is 9.47 Å². The highest BCUT2D eigenvalue weighted by Gasteiger charge is 2.70. The van der Waals surface area contributed by atoms with Crippen molar-refractivity contribution in [1.82, 2.24) is 4.33 Å². The summed E-state index contributed by atoms with van der Waals surface area (Å²) >= 11 is 0. The molecule has 0 aromatic heterocycles. The quantitative estimate of drug-likeness (QED) is 0.276. The molecule has 240 valence electrons. The van der Waals surface area contributed by atoms with Gasteiger partial charge in [-0.05, 0) is 60.6 Å². The second-order valence-electron chi connectivity index (χ2n) is 13.5. The Labute approximate surface area is 256 Å². The third-order valence-corrected chi connectivity index (χ3v) is 12.2. The molecule has 1 aromatic carbocycles. The van der Waals surface area contributed by atoms with Crippen LogP contribution in [0.2, 0.25) is 0 Å². The Morgan fingerprint density at radius 2 is 1.98 bits per heavy atom. The Morgan fingerprint density at radius 1 is 1.30 bits per heavy atom. The summed E-state index contributed by atoms with van der Waals surface area (Å²) < 4.78 is 66.5. The fourth-order valence-electron chi connectivity index (χ4n) is 8.41. The number of aliphatic hydroxyl groups is 1. The molecule has 0 spiro atoms. The van der Waals surface area contributed by atoms with Gasteiger partial charge in [-0.3, -0.25) is 4.79 Å². The number of esters is 1. The molecule has 3 aliphatic carbocycles. The number of hydrogen-bond donors (Lipinski definition) is 2. The van der Waals surface area contributed by atoms with E-state index in [0.29, 0.717) is 17.2 Å². The summed E-state index contributed by atoms with van der Waals surface area (Å²) in [5.41, 5.74) is -2.99. The zero-order valence-electron chi connectivity index (χ0n) is 25.5. The fraction of sp³-hybridized carbons (Fsp3) is 0.633. The van der Waals surface area contributed by atoms with Gasteiger partial charge in [0.1, 0.15) is 6.10 Å². The van der Waals surface area contributed by atoms with Crippen LogP contribution in [0.4, 0.5) is 8.78 Å². The maximum absolute atomic E-state index is 15.5. The SMILES string of the molecule is C=C[C@]1(C)C[C@@H](OC(=O)COc2ccc3c(c2F)B(O)N(S(C)(=O)=O)N=C3)[C@]2(C)[C@H](C)CC[C@]3(C[C@H](F)C(=O)[C@H]32)[C@@H](C)[C@@H]1O. The van der Waals surface area contributed by atoms with Crippen LogP contribution in [0.25, 0.3) is 0 Å². The maximum Gasteiger partial charge on any atom is 0.487 e.